The molecule has 0 radical (unpaired) electrons. The van der Waals surface area contributed by atoms with Gasteiger partial charge in [-0.25, -0.2) is 15.0 Å². The monoisotopic (exact) mass is 412 g/mol. The number of hydrogen-bond acceptors (Lipinski definition) is 5. The zero-order chi connectivity index (χ0) is 22.0. The second-order valence-electron chi connectivity index (χ2n) is 7.39. The summed E-state index contributed by atoms with van der Waals surface area (Å²) in [4.78, 5) is 18.1. The lowest BCUT2D eigenvalue weighted by Crippen LogP contribution is -2.23. The fourth-order valence-corrected chi connectivity index (χ4v) is 3.63. The highest BCUT2D eigenvalue weighted by Gasteiger charge is 2.14. The van der Waals surface area contributed by atoms with Crippen molar-refractivity contribution in [1.82, 2.24) is 9.55 Å². The van der Waals surface area contributed by atoms with E-state index in [9.17, 15) is 4.79 Å². The maximum atomic E-state index is 13.4. The topological polar surface area (TPSA) is 68.5 Å². The average molecular weight is 412 g/mol. The number of methoxy groups -OCH3 is 1. The van der Waals surface area contributed by atoms with Gasteiger partial charge in [0.25, 0.3) is 5.56 Å². The molecule has 6 nitrogen and oxygen atoms in total. The van der Waals surface area contributed by atoms with Crippen LogP contribution in [0.3, 0.4) is 0 Å². The van der Waals surface area contributed by atoms with E-state index in [1.165, 1.54) is 0 Å². The molecule has 0 bridgehead atoms. The van der Waals surface area contributed by atoms with Crippen molar-refractivity contribution in [2.75, 3.05) is 12.5 Å². The maximum Gasteiger partial charge on any atom is 0.267 e. The fourth-order valence-electron chi connectivity index (χ4n) is 3.63. The lowest BCUT2D eigenvalue weighted by Gasteiger charge is -2.16. The van der Waals surface area contributed by atoms with Crippen molar-refractivity contribution in [2.24, 2.45) is 5.10 Å². The molecule has 1 aromatic heterocycles. The first-order chi connectivity index (χ1) is 15.0. The van der Waals surface area contributed by atoms with E-state index in [1.807, 2.05) is 81.4 Å². The third-order valence-corrected chi connectivity index (χ3v) is 5.19. The number of fused-ring (bicyclic) bond motifs is 1. The number of aromatic nitrogens is 2. The van der Waals surface area contributed by atoms with Crippen LogP contribution in [0.25, 0.3) is 16.6 Å². The van der Waals surface area contributed by atoms with Crippen LogP contribution >= 0.6 is 0 Å². The Bertz CT molecular complexity index is 1360. The number of anilines is 1. The van der Waals surface area contributed by atoms with Gasteiger partial charge in [0.1, 0.15) is 5.75 Å². The molecule has 0 aliphatic heterocycles. The fraction of sp³-hybridized carbons (Fsp3) is 0.160. The van der Waals surface area contributed by atoms with E-state index < -0.39 is 0 Å². The highest BCUT2D eigenvalue weighted by Crippen LogP contribution is 2.21. The van der Waals surface area contributed by atoms with Crippen LogP contribution in [0.5, 0.6) is 5.75 Å². The lowest BCUT2D eigenvalue weighted by atomic mass is 10.1. The van der Waals surface area contributed by atoms with Crippen LogP contribution in [-0.4, -0.2) is 22.4 Å². The second-order valence-corrected chi connectivity index (χ2v) is 7.39. The van der Waals surface area contributed by atoms with Crippen LogP contribution in [0.15, 0.2) is 76.6 Å². The van der Waals surface area contributed by atoms with E-state index in [2.05, 4.69) is 10.5 Å². The summed E-state index contributed by atoms with van der Waals surface area (Å²) in [5, 5.41) is 5.07. The lowest BCUT2D eigenvalue weighted by molar-refractivity contribution is 0.414. The van der Waals surface area contributed by atoms with Crippen molar-refractivity contribution in [3.63, 3.8) is 0 Å². The molecule has 156 valence electrons. The van der Waals surface area contributed by atoms with Crippen molar-refractivity contribution in [2.45, 2.75) is 20.8 Å². The molecule has 1 heterocycles. The molecule has 0 saturated heterocycles. The highest BCUT2D eigenvalue weighted by atomic mass is 16.5. The molecule has 4 aromatic rings. The maximum absolute atomic E-state index is 13.4. The summed E-state index contributed by atoms with van der Waals surface area (Å²) < 4.78 is 7.02. The van der Waals surface area contributed by atoms with Crippen LogP contribution < -0.4 is 15.7 Å². The minimum Gasteiger partial charge on any atom is -0.496 e. The minimum absolute atomic E-state index is 0.148. The molecule has 31 heavy (non-hydrogen) atoms. The molecule has 0 fully saturated rings. The molecular weight excluding hydrogens is 388 g/mol. The van der Waals surface area contributed by atoms with Crippen molar-refractivity contribution >= 4 is 22.6 Å². The molecule has 0 atom stereocenters. The van der Waals surface area contributed by atoms with E-state index in [4.69, 9.17) is 9.72 Å². The summed E-state index contributed by atoms with van der Waals surface area (Å²) in [5.74, 6) is 1.08. The minimum atomic E-state index is -0.148. The zero-order valence-corrected chi connectivity index (χ0v) is 18.0. The molecule has 0 unspecified atom stereocenters. The smallest absolute Gasteiger partial charge is 0.267 e. The second kappa shape index (κ2) is 8.44. The van der Waals surface area contributed by atoms with E-state index >= 15 is 0 Å². The van der Waals surface area contributed by atoms with Gasteiger partial charge in [-0.15, -0.1) is 0 Å². The number of nitrogens with one attached hydrogen (secondary N) is 1. The normalized spacial score (nSPS) is 11.5. The predicted molar refractivity (Wildman–Crippen MR) is 126 cm³/mol. The van der Waals surface area contributed by atoms with Crippen LogP contribution in [0.1, 0.15) is 23.6 Å². The first-order valence-corrected chi connectivity index (χ1v) is 10.0. The number of hydrogen-bond donors (Lipinski definition) is 1. The number of hydrazone groups is 1. The Kier molecular flexibility index (Phi) is 5.54. The molecule has 0 saturated carbocycles. The van der Waals surface area contributed by atoms with Gasteiger partial charge in [0.15, 0.2) is 0 Å². The Morgan fingerprint density at radius 3 is 2.55 bits per heavy atom. The van der Waals surface area contributed by atoms with Gasteiger partial charge in [0, 0.05) is 5.56 Å². The summed E-state index contributed by atoms with van der Waals surface area (Å²) in [5.41, 5.74) is 7.93. The Morgan fingerprint density at radius 2 is 1.77 bits per heavy atom. The first kappa shape index (κ1) is 20.3. The Hall–Kier alpha value is -3.93. The molecule has 0 amide bonds. The summed E-state index contributed by atoms with van der Waals surface area (Å²) in [6.45, 7) is 5.89. The number of para-hydroxylation sites is 2. The number of benzene rings is 3. The van der Waals surface area contributed by atoms with E-state index in [0.29, 0.717) is 22.6 Å². The first-order valence-electron chi connectivity index (χ1n) is 10.0. The molecule has 1 N–H and O–H groups in total. The zero-order valence-electron chi connectivity index (χ0n) is 18.0. The average Bonchev–Trinajstić information content (AvgIpc) is 2.78. The predicted octanol–water partition coefficient (Wildman–Crippen LogP) is 4.85. The standard InChI is InChI=1S/C25H24N4O2/c1-16-13-14-22(17(2)15-16)29-24(30)20-10-5-7-11-21(20)26-25(29)28-27-18(3)19-9-6-8-12-23(19)31-4/h5-15H,1-4H3,(H,26,28)/b27-18-. The van der Waals surface area contributed by atoms with Crippen LogP contribution in [0, 0.1) is 13.8 Å². The Morgan fingerprint density at radius 1 is 1.03 bits per heavy atom. The van der Waals surface area contributed by atoms with Crippen LogP contribution in [-0.2, 0) is 0 Å². The summed E-state index contributed by atoms with van der Waals surface area (Å²) >= 11 is 0. The third-order valence-electron chi connectivity index (χ3n) is 5.19. The molecule has 0 aliphatic rings. The van der Waals surface area contributed by atoms with Crippen molar-refractivity contribution in [1.29, 1.82) is 0 Å². The number of aryl methyl sites for hydroxylation is 2. The van der Waals surface area contributed by atoms with Crippen molar-refractivity contribution in [3.05, 3.63) is 93.8 Å². The van der Waals surface area contributed by atoms with Gasteiger partial charge in [-0.3, -0.25) is 4.79 Å². The SMILES string of the molecule is COc1ccccc1/C(C)=N\Nc1nc2ccccc2c(=O)n1-c1ccc(C)cc1C. The van der Waals surface area contributed by atoms with Crippen LogP contribution in [0.4, 0.5) is 5.95 Å². The van der Waals surface area contributed by atoms with Gasteiger partial charge in [0.05, 0.1) is 29.4 Å². The Labute approximate surface area is 180 Å². The number of rotatable bonds is 5. The molecule has 6 heteroatoms. The number of ether oxygens (including phenoxy) is 1. The molecule has 0 aliphatic carbocycles. The largest absolute Gasteiger partial charge is 0.496 e. The van der Waals surface area contributed by atoms with E-state index in [1.54, 1.807) is 17.7 Å². The van der Waals surface area contributed by atoms with E-state index in [-0.39, 0.29) is 5.56 Å². The summed E-state index contributed by atoms with van der Waals surface area (Å²) in [7, 11) is 1.63. The molecular formula is C25H24N4O2. The molecule has 3 aromatic carbocycles. The van der Waals surface area contributed by atoms with Gasteiger partial charge in [-0.1, -0.05) is 42.0 Å². The van der Waals surface area contributed by atoms with Gasteiger partial charge in [-0.05, 0) is 56.7 Å². The Balaban J connectivity index is 1.88. The van der Waals surface area contributed by atoms with Gasteiger partial charge in [-0.2, -0.15) is 5.10 Å². The number of nitrogens with zero attached hydrogens (tertiary/aromatic N) is 3. The summed E-state index contributed by atoms with van der Waals surface area (Å²) in [6.07, 6.45) is 0. The van der Waals surface area contributed by atoms with Crippen molar-refractivity contribution < 1.29 is 4.74 Å². The van der Waals surface area contributed by atoms with Crippen LogP contribution in [0.2, 0.25) is 0 Å². The van der Waals surface area contributed by atoms with Crippen molar-refractivity contribution in [3.8, 4) is 11.4 Å². The quantitative estimate of drug-likeness (QED) is 0.376. The van der Waals surface area contributed by atoms with E-state index in [0.717, 1.165) is 28.1 Å². The molecule has 0 spiro atoms. The molecule has 4 rings (SSSR count). The van der Waals surface area contributed by atoms with Gasteiger partial charge >= 0.3 is 0 Å². The van der Waals surface area contributed by atoms with Gasteiger partial charge < -0.3 is 4.74 Å². The highest BCUT2D eigenvalue weighted by molar-refractivity contribution is 6.01. The summed E-state index contributed by atoms with van der Waals surface area (Å²) in [6, 6.07) is 20.9. The van der Waals surface area contributed by atoms with Gasteiger partial charge in [0.2, 0.25) is 5.95 Å². The third kappa shape index (κ3) is 3.92.